The first-order chi connectivity index (χ1) is 16.1. The maximum atomic E-state index is 13.2. The number of hydrogen-bond donors (Lipinski definition) is 2. The molecule has 3 aromatic carbocycles. The molecular weight excluding hydrogens is 510 g/mol. The van der Waals surface area contributed by atoms with Gasteiger partial charge in [-0.25, -0.2) is 0 Å². The Hall–Kier alpha value is -3.14. The molecule has 5 nitrogen and oxygen atoms in total. The number of nitrogens with one attached hydrogen (secondary N) is 2. The number of hydrogen-bond acceptors (Lipinski definition) is 3. The van der Waals surface area contributed by atoms with Crippen molar-refractivity contribution < 1.29 is 18.0 Å². The first kappa shape index (κ1) is 24.0. The normalized spacial score (nSPS) is 11.6. The van der Waals surface area contributed by atoms with E-state index in [0.717, 1.165) is 28.3 Å². The van der Waals surface area contributed by atoms with Gasteiger partial charge in [0.2, 0.25) is 0 Å². The van der Waals surface area contributed by atoms with Crippen molar-refractivity contribution in [1.29, 1.82) is 0 Å². The number of H-pyrrole nitrogens is 1. The molecule has 34 heavy (non-hydrogen) atoms. The molecule has 0 saturated heterocycles. The van der Waals surface area contributed by atoms with E-state index in [1.165, 1.54) is 18.2 Å². The van der Waals surface area contributed by atoms with E-state index in [0.29, 0.717) is 5.02 Å². The molecule has 0 radical (unpaired) electrons. The summed E-state index contributed by atoms with van der Waals surface area (Å²) in [6.07, 6.45) is -4.63. The van der Waals surface area contributed by atoms with Crippen molar-refractivity contribution in [2.24, 2.45) is 0 Å². The molecule has 0 fully saturated rings. The van der Waals surface area contributed by atoms with Crippen molar-refractivity contribution >= 4 is 52.2 Å². The van der Waals surface area contributed by atoms with Gasteiger partial charge in [-0.1, -0.05) is 41.4 Å². The molecular formula is C23H14Cl2F3N3O2S. The quantitative estimate of drug-likeness (QED) is 0.308. The third-order valence-electron chi connectivity index (χ3n) is 5.07. The zero-order valence-corrected chi connectivity index (χ0v) is 19.4. The largest absolute Gasteiger partial charge is 0.416 e. The number of rotatable bonds is 4. The average molecular weight is 524 g/mol. The molecule has 1 heterocycles. The summed E-state index contributed by atoms with van der Waals surface area (Å²) in [6, 6.07) is 14.0. The number of benzene rings is 3. The van der Waals surface area contributed by atoms with E-state index in [2.05, 4.69) is 10.3 Å². The highest BCUT2D eigenvalue weighted by molar-refractivity contribution is 7.71. The fourth-order valence-electron chi connectivity index (χ4n) is 3.36. The fourth-order valence-corrected chi connectivity index (χ4v) is 4.05. The van der Waals surface area contributed by atoms with Gasteiger partial charge in [-0.15, -0.1) is 0 Å². The van der Waals surface area contributed by atoms with Gasteiger partial charge in [0.05, 0.1) is 27.2 Å². The molecule has 0 bridgehead atoms. The third-order valence-corrected chi connectivity index (χ3v) is 6.04. The Morgan fingerprint density at radius 3 is 2.47 bits per heavy atom. The molecule has 0 aliphatic carbocycles. The summed E-state index contributed by atoms with van der Waals surface area (Å²) in [4.78, 5) is 28.5. The zero-order chi connectivity index (χ0) is 24.6. The van der Waals surface area contributed by atoms with Crippen LogP contribution in [0.15, 0.2) is 65.5 Å². The molecule has 0 aliphatic heterocycles. The Morgan fingerprint density at radius 2 is 1.76 bits per heavy atom. The molecule has 0 unspecified atom stereocenters. The van der Waals surface area contributed by atoms with Gasteiger partial charge in [-0.3, -0.25) is 14.2 Å². The maximum Gasteiger partial charge on any atom is 0.416 e. The standard InChI is InChI=1S/C23H14Cl2F3N3O2S/c24-16-4-2-1-3-13(16)11-29-20(32)12-5-7-15-18(9-12)30-22(34)31(21(15)33)19-10-14(23(26,27)28)6-8-17(19)25/h1-10H,11H2,(H,29,32)(H,30,34). The fraction of sp³-hybridized carbons (Fsp3) is 0.0870. The summed E-state index contributed by atoms with van der Waals surface area (Å²) in [7, 11) is 0. The van der Waals surface area contributed by atoms with Crippen LogP contribution in [0.3, 0.4) is 0 Å². The zero-order valence-electron chi connectivity index (χ0n) is 17.0. The Labute approximate surface area is 205 Å². The van der Waals surface area contributed by atoms with Gasteiger partial charge in [0.1, 0.15) is 0 Å². The second kappa shape index (κ2) is 9.25. The lowest BCUT2D eigenvalue weighted by atomic mass is 10.1. The van der Waals surface area contributed by atoms with Crippen molar-refractivity contribution in [3.8, 4) is 5.69 Å². The summed E-state index contributed by atoms with van der Waals surface area (Å²) in [5, 5.41) is 3.29. The monoisotopic (exact) mass is 523 g/mol. The summed E-state index contributed by atoms with van der Waals surface area (Å²) in [5.41, 5.74) is -0.620. The topological polar surface area (TPSA) is 66.9 Å². The molecule has 2 N–H and O–H groups in total. The first-order valence-electron chi connectivity index (χ1n) is 9.74. The van der Waals surface area contributed by atoms with Gasteiger partial charge in [0.15, 0.2) is 4.77 Å². The number of carbonyl (C=O) groups is 1. The van der Waals surface area contributed by atoms with E-state index >= 15 is 0 Å². The minimum atomic E-state index is -4.63. The van der Waals surface area contributed by atoms with E-state index in [1.54, 1.807) is 24.3 Å². The predicted molar refractivity (Wildman–Crippen MR) is 127 cm³/mol. The number of alkyl halides is 3. The van der Waals surface area contributed by atoms with E-state index in [1.807, 2.05) is 0 Å². The van der Waals surface area contributed by atoms with Crippen LogP contribution in [0.25, 0.3) is 16.6 Å². The molecule has 1 amide bonds. The molecule has 0 saturated carbocycles. The number of nitrogens with zero attached hydrogens (tertiary/aromatic N) is 1. The molecule has 0 aliphatic rings. The van der Waals surface area contributed by atoms with Crippen LogP contribution < -0.4 is 10.9 Å². The summed E-state index contributed by atoms with van der Waals surface area (Å²) >= 11 is 17.4. The number of amides is 1. The highest BCUT2D eigenvalue weighted by atomic mass is 35.5. The molecule has 0 atom stereocenters. The number of carbonyl (C=O) groups excluding carboxylic acids is 1. The lowest BCUT2D eigenvalue weighted by Crippen LogP contribution is -2.24. The van der Waals surface area contributed by atoms with Crippen LogP contribution in [0.2, 0.25) is 10.0 Å². The Kier molecular flexibility index (Phi) is 6.53. The maximum absolute atomic E-state index is 13.2. The van der Waals surface area contributed by atoms with Crippen LogP contribution >= 0.6 is 35.4 Å². The molecule has 4 aromatic rings. The van der Waals surface area contributed by atoms with Crippen molar-refractivity contribution in [3.05, 3.63) is 103 Å². The number of fused-ring (bicyclic) bond motifs is 1. The van der Waals surface area contributed by atoms with E-state index in [-0.39, 0.29) is 38.5 Å². The van der Waals surface area contributed by atoms with Gasteiger partial charge in [0, 0.05) is 17.1 Å². The van der Waals surface area contributed by atoms with Crippen LogP contribution in [0.1, 0.15) is 21.5 Å². The average Bonchev–Trinajstić information content (AvgIpc) is 2.78. The van der Waals surface area contributed by atoms with Gasteiger partial charge in [-0.2, -0.15) is 13.2 Å². The third kappa shape index (κ3) is 4.72. The van der Waals surface area contributed by atoms with Gasteiger partial charge < -0.3 is 10.3 Å². The first-order valence-corrected chi connectivity index (χ1v) is 10.9. The minimum Gasteiger partial charge on any atom is -0.348 e. The molecule has 11 heteroatoms. The predicted octanol–water partition coefficient (Wildman–Crippen LogP) is 6.30. The highest BCUT2D eigenvalue weighted by Crippen LogP contribution is 2.33. The molecule has 1 aromatic heterocycles. The Morgan fingerprint density at radius 1 is 1.03 bits per heavy atom. The number of halogens is 5. The smallest absolute Gasteiger partial charge is 0.348 e. The van der Waals surface area contributed by atoms with Gasteiger partial charge in [-0.05, 0) is 60.2 Å². The van der Waals surface area contributed by atoms with Crippen LogP contribution in [-0.2, 0) is 12.7 Å². The van der Waals surface area contributed by atoms with Crippen LogP contribution in [-0.4, -0.2) is 15.5 Å². The van der Waals surface area contributed by atoms with E-state index < -0.39 is 23.2 Å². The van der Waals surface area contributed by atoms with Crippen LogP contribution in [0, 0.1) is 4.77 Å². The highest BCUT2D eigenvalue weighted by Gasteiger charge is 2.31. The number of aromatic nitrogens is 2. The SMILES string of the molecule is O=C(NCc1ccccc1Cl)c1ccc2c(=O)n(-c3cc(C(F)(F)F)ccc3Cl)c(=S)[nH]c2c1. The van der Waals surface area contributed by atoms with Crippen molar-refractivity contribution in [1.82, 2.24) is 14.9 Å². The Bertz CT molecular complexity index is 1550. The molecule has 174 valence electrons. The van der Waals surface area contributed by atoms with Crippen LogP contribution in [0.5, 0.6) is 0 Å². The van der Waals surface area contributed by atoms with Gasteiger partial charge >= 0.3 is 6.18 Å². The summed E-state index contributed by atoms with van der Waals surface area (Å²) < 4.78 is 40.2. The second-order valence-electron chi connectivity index (χ2n) is 7.27. The lowest BCUT2D eigenvalue weighted by Gasteiger charge is -2.13. The minimum absolute atomic E-state index is 0.0791. The van der Waals surface area contributed by atoms with Crippen molar-refractivity contribution in [3.63, 3.8) is 0 Å². The molecule has 0 spiro atoms. The second-order valence-corrected chi connectivity index (χ2v) is 8.47. The van der Waals surface area contributed by atoms with Crippen molar-refractivity contribution in [2.75, 3.05) is 0 Å². The molecule has 4 rings (SSSR count). The van der Waals surface area contributed by atoms with E-state index in [4.69, 9.17) is 35.4 Å². The lowest BCUT2D eigenvalue weighted by molar-refractivity contribution is -0.137. The van der Waals surface area contributed by atoms with Gasteiger partial charge in [0.25, 0.3) is 11.5 Å². The van der Waals surface area contributed by atoms with Crippen LogP contribution in [0.4, 0.5) is 13.2 Å². The summed E-state index contributed by atoms with van der Waals surface area (Å²) in [5.74, 6) is -0.411. The van der Waals surface area contributed by atoms with E-state index in [9.17, 15) is 22.8 Å². The number of aromatic amines is 1. The summed E-state index contributed by atoms with van der Waals surface area (Å²) in [6.45, 7) is 0.197. The van der Waals surface area contributed by atoms with Crippen molar-refractivity contribution in [2.45, 2.75) is 12.7 Å². The Balaban J connectivity index is 1.72.